The Kier molecular flexibility index (Phi) is 3.86. The highest BCUT2D eigenvalue weighted by atomic mass is 19.1. The third-order valence-corrected chi connectivity index (χ3v) is 3.26. The zero-order valence-electron chi connectivity index (χ0n) is 12.1. The lowest BCUT2D eigenvalue weighted by molar-refractivity contribution is 0.629. The molecular formula is C15H16FN5O. The second-order valence-corrected chi connectivity index (χ2v) is 4.97. The molecule has 114 valence electrons. The predicted molar refractivity (Wildman–Crippen MR) is 81.3 cm³/mol. The number of fused-ring (bicyclic) bond motifs is 1. The molecule has 2 heterocycles. The molecule has 0 amide bonds. The number of anilines is 1. The molecule has 3 aromatic rings. The van der Waals surface area contributed by atoms with Gasteiger partial charge in [0.15, 0.2) is 0 Å². The third kappa shape index (κ3) is 2.83. The van der Waals surface area contributed by atoms with Crippen LogP contribution in [0.1, 0.15) is 24.9 Å². The van der Waals surface area contributed by atoms with Crippen LogP contribution < -0.4 is 10.9 Å². The average Bonchev–Trinajstić information content (AvgIpc) is 2.90. The Hall–Kier alpha value is -2.70. The molecule has 0 bridgehead atoms. The summed E-state index contributed by atoms with van der Waals surface area (Å²) in [7, 11) is 0. The molecule has 0 atom stereocenters. The first-order valence-electron chi connectivity index (χ1n) is 7.13. The van der Waals surface area contributed by atoms with E-state index in [2.05, 4.69) is 20.4 Å². The summed E-state index contributed by atoms with van der Waals surface area (Å²) >= 11 is 0. The van der Waals surface area contributed by atoms with Crippen LogP contribution in [0.4, 0.5) is 10.1 Å². The molecule has 3 rings (SSSR count). The topological polar surface area (TPSA) is 75.1 Å². The van der Waals surface area contributed by atoms with Gasteiger partial charge in [-0.25, -0.2) is 9.37 Å². The van der Waals surface area contributed by atoms with Crippen molar-refractivity contribution in [3.8, 4) is 0 Å². The van der Waals surface area contributed by atoms with Crippen LogP contribution in [-0.2, 0) is 13.0 Å². The molecule has 22 heavy (non-hydrogen) atoms. The molecule has 7 heteroatoms. The van der Waals surface area contributed by atoms with Crippen molar-refractivity contribution in [1.82, 2.24) is 19.6 Å². The lowest BCUT2D eigenvalue weighted by atomic mass is 10.2. The minimum absolute atomic E-state index is 0.196. The van der Waals surface area contributed by atoms with E-state index in [0.29, 0.717) is 17.3 Å². The molecule has 2 aromatic heterocycles. The van der Waals surface area contributed by atoms with E-state index in [9.17, 15) is 9.18 Å². The second-order valence-electron chi connectivity index (χ2n) is 4.97. The summed E-state index contributed by atoms with van der Waals surface area (Å²) in [5.74, 6) is 0.516. The Labute approximate surface area is 126 Å². The summed E-state index contributed by atoms with van der Waals surface area (Å²) in [6.45, 7) is 2.30. The van der Waals surface area contributed by atoms with E-state index >= 15 is 0 Å². The minimum Gasteiger partial charge on any atom is -0.375 e. The first-order chi connectivity index (χ1) is 10.7. The second kappa shape index (κ2) is 5.97. The van der Waals surface area contributed by atoms with Crippen molar-refractivity contribution in [3.05, 3.63) is 58.0 Å². The van der Waals surface area contributed by atoms with Crippen molar-refractivity contribution in [3.63, 3.8) is 0 Å². The summed E-state index contributed by atoms with van der Waals surface area (Å²) in [5.41, 5.74) is 0.917. The minimum atomic E-state index is -0.334. The van der Waals surface area contributed by atoms with Crippen molar-refractivity contribution in [2.45, 2.75) is 26.3 Å². The van der Waals surface area contributed by atoms with Crippen LogP contribution in [0, 0.1) is 5.82 Å². The van der Waals surface area contributed by atoms with Gasteiger partial charge in [-0.2, -0.15) is 9.50 Å². The fraction of sp³-hybridized carbons (Fsp3) is 0.267. The van der Waals surface area contributed by atoms with E-state index in [1.165, 1.54) is 16.6 Å². The summed E-state index contributed by atoms with van der Waals surface area (Å²) in [5, 5.41) is 5.81. The molecule has 0 aliphatic carbocycles. The maximum atomic E-state index is 13.5. The van der Waals surface area contributed by atoms with Crippen molar-refractivity contribution in [1.29, 1.82) is 0 Å². The van der Waals surface area contributed by atoms with Gasteiger partial charge in [-0.15, -0.1) is 0 Å². The third-order valence-electron chi connectivity index (χ3n) is 3.26. The number of nitrogens with zero attached hydrogens (tertiary/aromatic N) is 3. The molecule has 6 nitrogen and oxygen atoms in total. The summed E-state index contributed by atoms with van der Waals surface area (Å²) in [4.78, 5) is 20.6. The van der Waals surface area contributed by atoms with E-state index in [4.69, 9.17) is 0 Å². The highest BCUT2D eigenvalue weighted by Crippen LogP contribution is 2.13. The van der Waals surface area contributed by atoms with Gasteiger partial charge >= 0.3 is 0 Å². The van der Waals surface area contributed by atoms with Gasteiger partial charge in [-0.05, 0) is 18.6 Å². The largest absolute Gasteiger partial charge is 0.375 e. The zero-order chi connectivity index (χ0) is 15.5. The van der Waals surface area contributed by atoms with Gasteiger partial charge in [-0.3, -0.25) is 9.89 Å². The van der Waals surface area contributed by atoms with E-state index in [0.717, 1.165) is 18.5 Å². The first-order valence-corrected chi connectivity index (χ1v) is 7.13. The summed E-state index contributed by atoms with van der Waals surface area (Å²) < 4.78 is 14.8. The van der Waals surface area contributed by atoms with Crippen molar-refractivity contribution in [2.24, 2.45) is 0 Å². The van der Waals surface area contributed by atoms with Gasteiger partial charge in [0.25, 0.3) is 11.3 Å². The van der Waals surface area contributed by atoms with Crippen LogP contribution in [0.5, 0.6) is 0 Å². The molecule has 0 spiro atoms. The number of nitrogens with one attached hydrogen (secondary N) is 2. The highest BCUT2D eigenvalue weighted by molar-refractivity contribution is 5.44. The molecule has 0 aliphatic heterocycles. The molecule has 0 saturated heterocycles. The first kappa shape index (κ1) is 14.2. The number of aromatic amines is 1. The molecule has 0 saturated carbocycles. The van der Waals surface area contributed by atoms with Gasteiger partial charge in [0.05, 0.1) is 17.9 Å². The molecular weight excluding hydrogens is 285 g/mol. The van der Waals surface area contributed by atoms with Crippen LogP contribution in [0.15, 0.2) is 35.1 Å². The Balaban J connectivity index is 1.84. The van der Waals surface area contributed by atoms with Crippen molar-refractivity contribution < 1.29 is 4.39 Å². The average molecular weight is 301 g/mol. The Morgan fingerprint density at radius 1 is 1.32 bits per heavy atom. The van der Waals surface area contributed by atoms with Crippen LogP contribution in [0.2, 0.25) is 0 Å². The number of aryl methyl sites for hydroxylation is 1. The molecule has 0 radical (unpaired) electrons. The van der Waals surface area contributed by atoms with Crippen molar-refractivity contribution in [2.75, 3.05) is 5.32 Å². The SMILES string of the molecule is CCCc1cc(=O)n2[nH]c(CNc3ccccc3F)nc2n1. The van der Waals surface area contributed by atoms with Gasteiger partial charge in [0.1, 0.15) is 11.6 Å². The predicted octanol–water partition coefficient (Wildman–Crippen LogP) is 2.12. The molecule has 0 unspecified atom stereocenters. The lowest BCUT2D eigenvalue weighted by Crippen LogP contribution is -2.16. The summed E-state index contributed by atoms with van der Waals surface area (Å²) in [6.07, 6.45) is 1.65. The number of hydrogen-bond acceptors (Lipinski definition) is 4. The maximum Gasteiger partial charge on any atom is 0.274 e. The number of hydrogen-bond donors (Lipinski definition) is 2. The van der Waals surface area contributed by atoms with E-state index in [1.807, 2.05) is 6.92 Å². The van der Waals surface area contributed by atoms with E-state index < -0.39 is 0 Å². The number of rotatable bonds is 5. The Morgan fingerprint density at radius 3 is 2.91 bits per heavy atom. The smallest absolute Gasteiger partial charge is 0.274 e. The van der Waals surface area contributed by atoms with E-state index in [-0.39, 0.29) is 17.9 Å². The molecule has 0 fully saturated rings. The lowest BCUT2D eigenvalue weighted by Gasteiger charge is -2.04. The van der Waals surface area contributed by atoms with Gasteiger partial charge in [0, 0.05) is 6.07 Å². The highest BCUT2D eigenvalue weighted by Gasteiger charge is 2.08. The van der Waals surface area contributed by atoms with Crippen LogP contribution >= 0.6 is 0 Å². The standard InChI is InChI=1S/C15H16FN5O/c1-2-5-10-8-14(22)21-15(18-10)19-13(20-21)9-17-12-7-4-3-6-11(12)16/h3-4,6-8,17H,2,5,9H2,1H3,(H,18,19,20). The fourth-order valence-electron chi connectivity index (χ4n) is 2.22. The quantitative estimate of drug-likeness (QED) is 0.757. The number of para-hydroxylation sites is 1. The Bertz CT molecular complexity index is 855. The number of H-pyrrole nitrogens is 1. The number of halogens is 1. The molecule has 2 N–H and O–H groups in total. The van der Waals surface area contributed by atoms with E-state index in [1.54, 1.807) is 18.2 Å². The van der Waals surface area contributed by atoms with Crippen LogP contribution in [0.25, 0.3) is 5.78 Å². The van der Waals surface area contributed by atoms with Crippen molar-refractivity contribution >= 4 is 11.5 Å². The Morgan fingerprint density at radius 2 is 2.14 bits per heavy atom. The monoisotopic (exact) mass is 301 g/mol. The number of aromatic nitrogens is 4. The molecule has 1 aromatic carbocycles. The van der Waals surface area contributed by atoms with Gasteiger partial charge in [0.2, 0.25) is 0 Å². The maximum absolute atomic E-state index is 13.5. The van der Waals surface area contributed by atoms with Crippen LogP contribution in [-0.4, -0.2) is 19.6 Å². The zero-order valence-corrected chi connectivity index (χ0v) is 12.1. The van der Waals surface area contributed by atoms with Gasteiger partial charge in [-0.1, -0.05) is 25.5 Å². The number of benzene rings is 1. The molecule has 0 aliphatic rings. The van der Waals surface area contributed by atoms with Crippen LogP contribution in [0.3, 0.4) is 0 Å². The summed E-state index contributed by atoms with van der Waals surface area (Å²) in [6, 6.07) is 7.89. The van der Waals surface area contributed by atoms with Gasteiger partial charge < -0.3 is 5.32 Å². The fourth-order valence-corrected chi connectivity index (χ4v) is 2.22. The normalized spacial score (nSPS) is 11.0.